The van der Waals surface area contributed by atoms with Gasteiger partial charge in [-0.05, 0) is 197 Å². The van der Waals surface area contributed by atoms with Gasteiger partial charge in [-0.15, -0.1) is 0 Å². The Kier molecular flexibility index (Phi) is 9.96. The number of fused-ring (bicyclic) bond motifs is 11. The molecule has 4 nitrogen and oxygen atoms in total. The van der Waals surface area contributed by atoms with Crippen LogP contribution in [0.4, 0.5) is 56.9 Å². The molecule has 3 aliphatic carbocycles. The van der Waals surface area contributed by atoms with Crippen LogP contribution < -0.4 is 19.6 Å². The van der Waals surface area contributed by atoms with Crippen molar-refractivity contribution in [3.63, 3.8) is 0 Å². The second-order valence-electron chi connectivity index (χ2n) is 23.6. The van der Waals surface area contributed by atoms with E-state index in [-0.39, 0.29) is 10.8 Å². The van der Waals surface area contributed by atoms with Crippen LogP contribution in [0, 0.1) is 0 Å². The lowest BCUT2D eigenvalue weighted by molar-refractivity contribution is 0.651. The third kappa shape index (κ3) is 6.51. The molecule has 0 saturated heterocycles. The van der Waals surface area contributed by atoms with Crippen LogP contribution in [0.2, 0.25) is 0 Å². The fraction of sp³-hybridized carbons (Fsp3) is 0.132. The van der Waals surface area contributed by atoms with E-state index in [1.807, 2.05) is 0 Å². The van der Waals surface area contributed by atoms with Crippen LogP contribution in [0.1, 0.15) is 62.8 Å². The Labute approximate surface area is 469 Å². The Bertz CT molecular complexity index is 4450. The summed E-state index contributed by atoms with van der Waals surface area (Å²) in [5.74, 6) is 0. The fourth-order valence-corrected chi connectivity index (χ4v) is 14.9. The van der Waals surface area contributed by atoms with E-state index in [1.165, 1.54) is 122 Å². The predicted octanol–water partition coefficient (Wildman–Crippen LogP) is 20.8. The Morgan fingerprint density at radius 1 is 0.338 bits per heavy atom. The maximum absolute atomic E-state index is 2.56. The third-order valence-corrected chi connectivity index (χ3v) is 18.8. The van der Waals surface area contributed by atoms with Gasteiger partial charge in [0.05, 0.1) is 45.5 Å². The van der Waals surface area contributed by atoms with Crippen LogP contribution in [0.15, 0.2) is 236 Å². The van der Waals surface area contributed by atoms with Crippen molar-refractivity contribution in [3.05, 3.63) is 258 Å². The number of benzene rings is 11. The van der Waals surface area contributed by atoms with Crippen LogP contribution in [-0.2, 0) is 10.8 Å². The predicted molar refractivity (Wildman–Crippen MR) is 339 cm³/mol. The number of allylic oxidation sites excluding steroid dienone is 4. The molecule has 0 unspecified atom stereocenters. The number of hydrogen-bond acceptors (Lipinski definition) is 4. The third-order valence-electron chi connectivity index (χ3n) is 18.8. The summed E-state index contributed by atoms with van der Waals surface area (Å²) in [5.41, 5.74) is 29.8. The van der Waals surface area contributed by atoms with Crippen molar-refractivity contribution in [2.45, 2.75) is 51.4 Å². The van der Waals surface area contributed by atoms with Crippen molar-refractivity contribution in [1.82, 2.24) is 0 Å². The molecule has 80 heavy (non-hydrogen) atoms. The molecular weight excluding hydrogens is 969 g/mol. The minimum absolute atomic E-state index is 0.137. The van der Waals surface area contributed by atoms with Crippen molar-refractivity contribution in [2.75, 3.05) is 33.7 Å². The number of rotatable bonds is 5. The molecule has 0 spiro atoms. The first-order chi connectivity index (χ1) is 39.1. The smallest absolute Gasteiger partial charge is 0.0699 e. The molecule has 16 rings (SSSR count). The van der Waals surface area contributed by atoms with Gasteiger partial charge in [0.15, 0.2) is 0 Å². The highest BCUT2D eigenvalue weighted by Gasteiger charge is 2.39. The summed E-state index contributed by atoms with van der Waals surface area (Å²) in [6, 6.07) is 82.9. The Morgan fingerprint density at radius 2 is 0.775 bits per heavy atom. The second kappa shape index (κ2) is 17.1. The molecule has 0 bridgehead atoms. The van der Waals surface area contributed by atoms with Gasteiger partial charge in [-0.2, -0.15) is 0 Å². The SMILES string of the molecule is CN1c2ccccc2N(c2ccc3c(-c4ccccc4-c4ccc5c(c4)C(C)(C)c4ccccc4-5)c4cc(N5c6ccccc6N(C)c6ccccc65)ccc4c(-c4ccc5c(c4)C(C)(C)C4=C5CCC=C4)c3c2)c2ccccc21. The summed E-state index contributed by atoms with van der Waals surface area (Å²) in [7, 11) is 4.38. The van der Waals surface area contributed by atoms with Crippen molar-refractivity contribution in [3.8, 4) is 44.5 Å². The molecule has 11 aromatic rings. The van der Waals surface area contributed by atoms with Crippen LogP contribution in [0.3, 0.4) is 0 Å². The van der Waals surface area contributed by atoms with Crippen LogP contribution >= 0.6 is 0 Å². The van der Waals surface area contributed by atoms with Gasteiger partial charge >= 0.3 is 0 Å². The first kappa shape index (κ1) is 46.7. The maximum atomic E-state index is 2.56. The first-order valence-electron chi connectivity index (χ1n) is 28.4. The van der Waals surface area contributed by atoms with Crippen molar-refractivity contribution in [2.24, 2.45) is 0 Å². The van der Waals surface area contributed by atoms with Gasteiger partial charge in [0.25, 0.3) is 0 Å². The molecule has 0 radical (unpaired) electrons. The summed E-state index contributed by atoms with van der Waals surface area (Å²) in [6.07, 6.45) is 6.94. The van der Waals surface area contributed by atoms with Crippen molar-refractivity contribution >= 4 is 84.0 Å². The van der Waals surface area contributed by atoms with Crippen LogP contribution in [0.5, 0.6) is 0 Å². The summed E-state index contributed by atoms with van der Waals surface area (Å²) >= 11 is 0. The molecule has 0 saturated carbocycles. The lowest BCUT2D eigenvalue weighted by Crippen LogP contribution is -2.24. The van der Waals surface area contributed by atoms with E-state index in [0.29, 0.717) is 0 Å². The van der Waals surface area contributed by atoms with Gasteiger partial charge in [-0.3, -0.25) is 0 Å². The standard InChI is InChI=1S/C76H60N4/c1-75(2)61-25-11-9-22-52(61)54-39-35-47(43-63(54)75)51-21-7-8-24-56(51)74-58-42-38-49(79-69-31-17-13-27-65(69)77(5)66-28-14-18-32-70(66)79)45-59(58)73(48-36-40-55-53-23-10-12-26-62(53)76(3,4)64(55)44-48)57-41-37-50(46-60(57)74)80-71-33-19-15-29-67(71)78(6)68-30-16-20-34-72(68)80/h7-9,11-22,24-46H,10,23H2,1-6H3. The molecule has 0 atom stereocenters. The number of anilines is 10. The summed E-state index contributed by atoms with van der Waals surface area (Å²) in [4.78, 5) is 9.63. The fourth-order valence-electron chi connectivity index (χ4n) is 14.9. The largest absolute Gasteiger partial charge is 0.341 e. The molecule has 4 heteroatoms. The van der Waals surface area contributed by atoms with Gasteiger partial charge in [0.1, 0.15) is 0 Å². The van der Waals surface area contributed by atoms with E-state index >= 15 is 0 Å². The number of nitrogens with zero attached hydrogens (tertiary/aromatic N) is 4. The monoisotopic (exact) mass is 1030 g/mol. The molecule has 2 heterocycles. The Balaban J connectivity index is 1.02. The zero-order chi connectivity index (χ0) is 53.8. The van der Waals surface area contributed by atoms with Gasteiger partial charge in [0, 0.05) is 36.3 Å². The molecule has 0 aromatic heterocycles. The molecule has 0 N–H and O–H groups in total. The zero-order valence-corrected chi connectivity index (χ0v) is 46.1. The quantitative estimate of drug-likeness (QED) is 0.159. The van der Waals surface area contributed by atoms with E-state index in [9.17, 15) is 0 Å². The zero-order valence-electron chi connectivity index (χ0n) is 46.1. The summed E-state index contributed by atoms with van der Waals surface area (Å²) < 4.78 is 0. The average Bonchev–Trinajstić information content (AvgIpc) is 4.02. The first-order valence-corrected chi connectivity index (χ1v) is 28.4. The Hall–Kier alpha value is -9.38. The lowest BCUT2D eigenvalue weighted by Gasteiger charge is -2.39. The van der Waals surface area contributed by atoms with E-state index in [0.717, 1.165) is 47.0 Å². The highest BCUT2D eigenvalue weighted by molar-refractivity contribution is 6.24. The van der Waals surface area contributed by atoms with E-state index in [4.69, 9.17) is 0 Å². The van der Waals surface area contributed by atoms with Crippen molar-refractivity contribution < 1.29 is 0 Å². The van der Waals surface area contributed by atoms with Crippen LogP contribution in [-0.4, -0.2) is 14.1 Å². The summed E-state index contributed by atoms with van der Waals surface area (Å²) in [5, 5.41) is 4.86. The highest BCUT2D eigenvalue weighted by atomic mass is 15.3. The topological polar surface area (TPSA) is 13.0 Å². The maximum Gasteiger partial charge on any atom is 0.0699 e. The molecule has 2 aliphatic heterocycles. The number of hydrogen-bond donors (Lipinski definition) is 0. The van der Waals surface area contributed by atoms with Crippen molar-refractivity contribution in [1.29, 1.82) is 0 Å². The van der Waals surface area contributed by atoms with Crippen LogP contribution in [0.25, 0.3) is 71.6 Å². The van der Waals surface area contributed by atoms with E-state index < -0.39 is 0 Å². The minimum Gasteiger partial charge on any atom is -0.341 e. The van der Waals surface area contributed by atoms with Gasteiger partial charge in [-0.25, -0.2) is 0 Å². The Morgan fingerprint density at radius 3 is 1.36 bits per heavy atom. The number of para-hydroxylation sites is 8. The van der Waals surface area contributed by atoms with E-state index in [1.54, 1.807) is 0 Å². The molecule has 0 amide bonds. The molecule has 384 valence electrons. The minimum atomic E-state index is -0.145. The molecule has 5 aliphatic rings. The lowest BCUT2D eigenvalue weighted by atomic mass is 9.78. The molecule has 11 aromatic carbocycles. The average molecular weight is 1030 g/mol. The van der Waals surface area contributed by atoms with Gasteiger partial charge in [-0.1, -0.05) is 173 Å². The second-order valence-corrected chi connectivity index (χ2v) is 23.6. The normalized spacial score (nSPS) is 15.8. The van der Waals surface area contributed by atoms with Gasteiger partial charge in [0.2, 0.25) is 0 Å². The van der Waals surface area contributed by atoms with Gasteiger partial charge < -0.3 is 19.6 Å². The van der Waals surface area contributed by atoms with E-state index in [2.05, 4.69) is 292 Å². The molecular formula is C76H60N4. The highest BCUT2D eigenvalue weighted by Crippen LogP contribution is 2.58. The summed E-state index contributed by atoms with van der Waals surface area (Å²) in [6.45, 7) is 9.64. The molecule has 0 fully saturated rings.